The van der Waals surface area contributed by atoms with Gasteiger partial charge in [-0.15, -0.1) is 0 Å². The molecule has 0 radical (unpaired) electrons. The summed E-state index contributed by atoms with van der Waals surface area (Å²) in [6.45, 7) is 15.5. The molecule has 0 aliphatic heterocycles. The van der Waals surface area contributed by atoms with Gasteiger partial charge in [0.05, 0.1) is 6.26 Å². The smallest absolute Gasteiger partial charge is 0.211 e. The van der Waals surface area contributed by atoms with Crippen LogP contribution in [-0.4, -0.2) is 31.1 Å². The monoisotopic (exact) mass is 275 g/mol. The van der Waals surface area contributed by atoms with Crippen LogP contribution in [-0.2, 0) is 10.0 Å². The van der Waals surface area contributed by atoms with Crippen molar-refractivity contribution in [3.63, 3.8) is 0 Å². The highest BCUT2D eigenvalue weighted by Crippen LogP contribution is 2.61. The van der Waals surface area contributed by atoms with Gasteiger partial charge in [-0.05, 0) is 43.9 Å². The van der Waals surface area contributed by atoms with E-state index in [0.717, 1.165) is 6.42 Å². The van der Waals surface area contributed by atoms with Crippen molar-refractivity contribution in [3.05, 3.63) is 0 Å². The van der Waals surface area contributed by atoms with Crippen LogP contribution in [0.4, 0.5) is 0 Å². The Bertz CT molecular complexity index is 414. The summed E-state index contributed by atoms with van der Waals surface area (Å²) in [7, 11) is -3.15. The number of hydrogen-bond donors (Lipinski definition) is 0. The van der Waals surface area contributed by atoms with Crippen LogP contribution >= 0.6 is 0 Å². The summed E-state index contributed by atoms with van der Waals surface area (Å²) in [4.78, 5) is 0. The first-order valence-corrected chi connectivity index (χ1v) is 8.51. The maximum absolute atomic E-state index is 12.0. The Labute approximate surface area is 113 Å². The predicted molar refractivity (Wildman–Crippen MR) is 77.0 cm³/mol. The molecule has 0 saturated heterocycles. The Balaban J connectivity index is 2.90. The highest BCUT2D eigenvalue weighted by Gasteiger charge is 2.57. The maximum Gasteiger partial charge on any atom is 0.211 e. The van der Waals surface area contributed by atoms with E-state index in [0.29, 0.717) is 12.5 Å². The number of hydrogen-bond acceptors (Lipinski definition) is 2. The van der Waals surface area contributed by atoms with E-state index in [1.54, 1.807) is 4.31 Å². The van der Waals surface area contributed by atoms with Crippen LogP contribution in [0.5, 0.6) is 0 Å². The second-order valence-electron chi connectivity index (χ2n) is 8.22. The first-order chi connectivity index (χ1) is 7.68. The van der Waals surface area contributed by atoms with Gasteiger partial charge in [-0.1, -0.05) is 27.7 Å². The van der Waals surface area contributed by atoms with E-state index in [4.69, 9.17) is 0 Å². The van der Waals surface area contributed by atoms with Gasteiger partial charge in [0.1, 0.15) is 0 Å². The summed E-state index contributed by atoms with van der Waals surface area (Å²) in [5.74, 6) is 0.608. The molecule has 0 spiro atoms. The largest absolute Gasteiger partial charge is 0.212 e. The highest BCUT2D eigenvalue weighted by atomic mass is 32.2. The molecule has 0 aromatic rings. The van der Waals surface area contributed by atoms with Crippen LogP contribution in [0.25, 0.3) is 0 Å². The Morgan fingerprint density at radius 1 is 1.17 bits per heavy atom. The zero-order valence-electron chi connectivity index (χ0n) is 13.2. The molecule has 3 nitrogen and oxygen atoms in total. The average molecular weight is 275 g/mol. The van der Waals surface area contributed by atoms with E-state index in [1.165, 1.54) is 6.26 Å². The van der Waals surface area contributed by atoms with Crippen LogP contribution in [0.1, 0.15) is 54.9 Å². The molecule has 1 aliphatic rings. The Kier molecular flexibility index (Phi) is 3.73. The summed E-state index contributed by atoms with van der Waals surface area (Å²) in [6.07, 6.45) is 2.44. The second kappa shape index (κ2) is 4.20. The second-order valence-corrected chi connectivity index (χ2v) is 10.1. The maximum atomic E-state index is 12.0. The molecular formula is C14H29NO2S. The normalized spacial score (nSPS) is 29.7. The summed E-state index contributed by atoms with van der Waals surface area (Å²) in [5, 5.41) is 0. The highest BCUT2D eigenvalue weighted by molar-refractivity contribution is 7.88. The topological polar surface area (TPSA) is 37.4 Å². The zero-order chi connectivity index (χ0) is 14.6. The van der Waals surface area contributed by atoms with Gasteiger partial charge in [0.25, 0.3) is 0 Å². The molecule has 1 fully saturated rings. The van der Waals surface area contributed by atoms with Crippen molar-refractivity contribution in [2.75, 3.05) is 12.8 Å². The third-order valence-electron chi connectivity index (χ3n) is 4.05. The first kappa shape index (κ1) is 16.0. The number of nitrogens with zero attached hydrogens (tertiary/aromatic N) is 1. The van der Waals surface area contributed by atoms with Crippen molar-refractivity contribution in [3.8, 4) is 0 Å². The molecule has 108 valence electrons. The Hall–Kier alpha value is -0.0900. The van der Waals surface area contributed by atoms with Crippen LogP contribution in [0, 0.1) is 16.7 Å². The Morgan fingerprint density at radius 2 is 1.61 bits per heavy atom. The fourth-order valence-electron chi connectivity index (χ4n) is 3.11. The van der Waals surface area contributed by atoms with Gasteiger partial charge in [-0.3, -0.25) is 0 Å². The third kappa shape index (κ3) is 3.47. The molecule has 0 amide bonds. The van der Waals surface area contributed by atoms with Gasteiger partial charge >= 0.3 is 0 Å². The average Bonchev–Trinajstić information content (AvgIpc) is 2.70. The van der Waals surface area contributed by atoms with Gasteiger partial charge in [0.2, 0.25) is 10.0 Å². The quantitative estimate of drug-likeness (QED) is 0.793. The lowest BCUT2D eigenvalue weighted by Crippen LogP contribution is -2.48. The van der Waals surface area contributed by atoms with Crippen molar-refractivity contribution in [2.45, 2.75) is 60.4 Å². The van der Waals surface area contributed by atoms with Gasteiger partial charge < -0.3 is 0 Å². The standard InChI is InChI=1S/C14H29NO2S/c1-12(2,3)11-9-14(11,7)10-15(13(4,5)6)18(8,16)17/h11H,9-10H2,1-8H3/t11-,14+/m0/s1. The number of rotatable bonds is 3. The van der Waals surface area contributed by atoms with Gasteiger partial charge in [-0.2, -0.15) is 4.31 Å². The van der Waals surface area contributed by atoms with E-state index in [-0.39, 0.29) is 16.4 Å². The van der Waals surface area contributed by atoms with Gasteiger partial charge in [-0.25, -0.2) is 8.42 Å². The van der Waals surface area contributed by atoms with E-state index >= 15 is 0 Å². The van der Waals surface area contributed by atoms with Crippen molar-refractivity contribution < 1.29 is 8.42 Å². The third-order valence-corrected chi connectivity index (χ3v) is 5.53. The fourth-order valence-corrected chi connectivity index (χ4v) is 4.64. The Morgan fingerprint density at radius 3 is 1.83 bits per heavy atom. The minimum atomic E-state index is -3.15. The molecule has 1 aliphatic carbocycles. The van der Waals surface area contributed by atoms with Crippen LogP contribution in [0.3, 0.4) is 0 Å². The lowest BCUT2D eigenvalue weighted by molar-refractivity contribution is 0.188. The molecule has 0 heterocycles. The van der Waals surface area contributed by atoms with E-state index in [2.05, 4.69) is 27.7 Å². The van der Waals surface area contributed by atoms with E-state index in [1.807, 2.05) is 20.8 Å². The molecule has 1 rings (SSSR count). The summed E-state index contributed by atoms with van der Waals surface area (Å²) < 4.78 is 25.6. The minimum absolute atomic E-state index is 0.134. The van der Waals surface area contributed by atoms with Gasteiger partial charge in [0.15, 0.2) is 0 Å². The van der Waals surface area contributed by atoms with Crippen molar-refractivity contribution in [1.82, 2.24) is 4.31 Å². The summed E-state index contributed by atoms with van der Waals surface area (Å²) in [5.41, 5.74) is 0.0477. The molecule has 2 atom stereocenters. The fraction of sp³-hybridized carbons (Fsp3) is 1.00. The first-order valence-electron chi connectivity index (χ1n) is 6.66. The molecule has 4 heteroatoms. The van der Waals surface area contributed by atoms with Gasteiger partial charge in [0, 0.05) is 12.1 Å². The van der Waals surface area contributed by atoms with Crippen molar-refractivity contribution >= 4 is 10.0 Å². The van der Waals surface area contributed by atoms with E-state index < -0.39 is 10.0 Å². The lowest BCUT2D eigenvalue weighted by atomic mass is 9.85. The molecule has 0 bridgehead atoms. The van der Waals surface area contributed by atoms with Crippen LogP contribution in [0.15, 0.2) is 0 Å². The molecular weight excluding hydrogens is 246 g/mol. The molecule has 1 saturated carbocycles. The van der Waals surface area contributed by atoms with Crippen LogP contribution in [0.2, 0.25) is 0 Å². The number of sulfonamides is 1. The molecule has 0 aromatic heterocycles. The molecule has 18 heavy (non-hydrogen) atoms. The van der Waals surface area contributed by atoms with E-state index in [9.17, 15) is 8.42 Å². The summed E-state index contributed by atoms with van der Waals surface area (Å²) >= 11 is 0. The molecule has 0 aromatic carbocycles. The van der Waals surface area contributed by atoms with Crippen LogP contribution < -0.4 is 0 Å². The molecule has 0 N–H and O–H groups in total. The SMILES string of the molecule is CC(C)(C)[C@@H]1C[C@]1(C)CN(C(C)(C)C)S(C)(=O)=O. The molecule has 0 unspecified atom stereocenters. The van der Waals surface area contributed by atoms with Crippen molar-refractivity contribution in [2.24, 2.45) is 16.7 Å². The lowest BCUT2D eigenvalue weighted by Gasteiger charge is -2.36. The van der Waals surface area contributed by atoms with Crippen molar-refractivity contribution in [1.29, 1.82) is 0 Å². The predicted octanol–water partition coefficient (Wildman–Crippen LogP) is 3.12. The zero-order valence-corrected chi connectivity index (χ0v) is 14.0. The minimum Gasteiger partial charge on any atom is -0.212 e. The summed E-state index contributed by atoms with van der Waals surface area (Å²) in [6, 6.07) is 0.